The number of nitrogens with one attached hydrogen (secondary N) is 1. The Hall–Kier alpha value is -2.53. The highest BCUT2D eigenvalue weighted by Gasteiger charge is 2.34. The average Bonchev–Trinajstić information content (AvgIpc) is 3.39. The van der Waals surface area contributed by atoms with E-state index in [1.807, 2.05) is 0 Å². The highest BCUT2D eigenvalue weighted by Crippen LogP contribution is 2.28. The molecular weight excluding hydrogens is 437 g/mol. The molecule has 0 bridgehead atoms. The van der Waals surface area contributed by atoms with Crippen molar-refractivity contribution < 1.29 is 35.5 Å². The fraction of sp³-hybridized carbons (Fsp3) is 0.450. The molecule has 0 aliphatic heterocycles. The van der Waals surface area contributed by atoms with Crippen LogP contribution in [0.15, 0.2) is 45.9 Å². The largest absolute Gasteiger partial charge is 0.495 e. The Kier molecular flexibility index (Phi) is 6.95. The first kappa shape index (κ1) is 23.1. The van der Waals surface area contributed by atoms with Gasteiger partial charge in [0, 0.05) is 11.6 Å². The molecule has 31 heavy (non-hydrogen) atoms. The van der Waals surface area contributed by atoms with Crippen molar-refractivity contribution in [2.45, 2.75) is 49.3 Å². The van der Waals surface area contributed by atoms with Gasteiger partial charge in [-0.15, -0.1) is 0 Å². The molecule has 2 aromatic rings. The Morgan fingerprint density at radius 2 is 1.97 bits per heavy atom. The maximum Gasteiger partial charge on any atom is 0.406 e. The molecule has 1 aliphatic rings. The second kappa shape index (κ2) is 9.31. The van der Waals surface area contributed by atoms with Crippen LogP contribution in [0.5, 0.6) is 5.75 Å². The molecule has 7 nitrogen and oxygen atoms in total. The number of amides is 1. The quantitative estimate of drug-likeness (QED) is 0.649. The second-order valence-corrected chi connectivity index (χ2v) is 9.01. The third-order valence-corrected chi connectivity index (χ3v) is 6.50. The van der Waals surface area contributed by atoms with Gasteiger partial charge >= 0.3 is 6.18 Å². The molecule has 0 saturated heterocycles. The third-order valence-electron chi connectivity index (χ3n) is 4.96. The van der Waals surface area contributed by atoms with Crippen LogP contribution in [-0.4, -0.2) is 45.1 Å². The molecular formula is C20H23F3N2O5S. The average molecular weight is 460 g/mol. The number of rotatable bonds is 8. The predicted molar refractivity (Wildman–Crippen MR) is 105 cm³/mol. The molecule has 3 rings (SSSR count). The molecule has 1 heterocycles. The normalized spacial score (nSPS) is 15.2. The summed E-state index contributed by atoms with van der Waals surface area (Å²) in [6.07, 6.45) is -0.151. The SMILES string of the molecule is COc1ccc(C(=O)N(Cc2ccco2)CC(F)(F)F)cc1S(=O)(=O)NC1CCCC1. The van der Waals surface area contributed by atoms with Crippen molar-refractivity contribution in [3.05, 3.63) is 47.9 Å². The molecule has 1 aromatic carbocycles. The van der Waals surface area contributed by atoms with Crippen molar-refractivity contribution in [3.63, 3.8) is 0 Å². The molecule has 1 saturated carbocycles. The summed E-state index contributed by atoms with van der Waals surface area (Å²) in [5, 5.41) is 0. The number of furan rings is 1. The first-order chi connectivity index (χ1) is 14.6. The number of methoxy groups -OCH3 is 1. The number of carbonyl (C=O) groups is 1. The van der Waals surface area contributed by atoms with Crippen LogP contribution in [0.2, 0.25) is 0 Å². The predicted octanol–water partition coefficient (Wildman–Crippen LogP) is 3.71. The van der Waals surface area contributed by atoms with Crippen molar-refractivity contribution in [1.29, 1.82) is 0 Å². The summed E-state index contributed by atoms with van der Waals surface area (Å²) in [7, 11) is -2.76. The van der Waals surface area contributed by atoms with Crippen molar-refractivity contribution in [2.75, 3.05) is 13.7 Å². The molecule has 0 radical (unpaired) electrons. The standard InChI is InChI=1S/C20H23F3N2O5S/c1-29-17-9-8-14(11-18(17)31(27,28)24-15-5-2-3-6-15)19(26)25(13-20(21,22)23)12-16-7-4-10-30-16/h4,7-11,15,24H,2-3,5-6,12-13H2,1H3. The summed E-state index contributed by atoms with van der Waals surface area (Å²) in [4.78, 5) is 13.2. The summed E-state index contributed by atoms with van der Waals surface area (Å²) in [6.45, 7) is -1.93. The first-order valence-electron chi connectivity index (χ1n) is 9.68. The highest BCUT2D eigenvalue weighted by atomic mass is 32.2. The minimum absolute atomic E-state index is 0.00421. The van der Waals surface area contributed by atoms with Gasteiger partial charge in [0.1, 0.15) is 22.9 Å². The van der Waals surface area contributed by atoms with Crippen LogP contribution in [0.1, 0.15) is 41.8 Å². The van der Waals surface area contributed by atoms with E-state index in [2.05, 4.69) is 4.72 Å². The lowest BCUT2D eigenvalue weighted by molar-refractivity contribution is -0.142. The molecule has 11 heteroatoms. The van der Waals surface area contributed by atoms with Crippen LogP contribution in [0, 0.1) is 0 Å². The van der Waals surface area contributed by atoms with E-state index in [0.29, 0.717) is 17.7 Å². The summed E-state index contributed by atoms with van der Waals surface area (Å²) in [5.74, 6) is -0.814. The lowest BCUT2D eigenvalue weighted by Crippen LogP contribution is -2.38. The van der Waals surface area contributed by atoms with Gasteiger partial charge in [0.2, 0.25) is 10.0 Å². The van der Waals surface area contributed by atoms with Crippen molar-refractivity contribution in [1.82, 2.24) is 9.62 Å². The van der Waals surface area contributed by atoms with Crippen molar-refractivity contribution >= 4 is 15.9 Å². The molecule has 1 aromatic heterocycles. The van der Waals surface area contributed by atoms with Crippen LogP contribution >= 0.6 is 0 Å². The van der Waals surface area contributed by atoms with Crippen LogP contribution in [0.25, 0.3) is 0 Å². The number of nitrogens with zero attached hydrogens (tertiary/aromatic N) is 1. The number of benzene rings is 1. The second-order valence-electron chi connectivity index (χ2n) is 7.32. The fourth-order valence-electron chi connectivity index (χ4n) is 3.54. The zero-order valence-electron chi connectivity index (χ0n) is 16.8. The minimum Gasteiger partial charge on any atom is -0.495 e. The topological polar surface area (TPSA) is 88.8 Å². The molecule has 170 valence electrons. The number of sulfonamides is 1. The van der Waals surface area contributed by atoms with Gasteiger partial charge in [-0.05, 0) is 43.2 Å². The van der Waals surface area contributed by atoms with E-state index in [1.165, 1.54) is 37.6 Å². The zero-order valence-corrected chi connectivity index (χ0v) is 17.6. The lowest BCUT2D eigenvalue weighted by atomic mass is 10.2. The minimum atomic E-state index is -4.65. The summed E-state index contributed by atoms with van der Waals surface area (Å²) >= 11 is 0. The number of ether oxygens (including phenoxy) is 1. The van der Waals surface area contributed by atoms with Gasteiger partial charge in [-0.2, -0.15) is 13.2 Å². The number of halogens is 3. The molecule has 0 unspecified atom stereocenters. The summed E-state index contributed by atoms with van der Waals surface area (Å²) < 4.78 is 77.8. The van der Waals surface area contributed by atoms with E-state index in [-0.39, 0.29) is 28.0 Å². The Morgan fingerprint density at radius 3 is 2.55 bits per heavy atom. The van der Waals surface area contributed by atoms with Gasteiger partial charge in [0.15, 0.2) is 0 Å². The van der Waals surface area contributed by atoms with Gasteiger partial charge in [-0.1, -0.05) is 12.8 Å². The van der Waals surface area contributed by atoms with Crippen LogP contribution in [0.4, 0.5) is 13.2 Å². The van der Waals surface area contributed by atoms with Crippen molar-refractivity contribution in [2.24, 2.45) is 0 Å². The van der Waals surface area contributed by atoms with E-state index < -0.39 is 35.2 Å². The monoisotopic (exact) mass is 460 g/mol. The van der Waals surface area contributed by atoms with E-state index in [4.69, 9.17) is 9.15 Å². The van der Waals surface area contributed by atoms with E-state index in [1.54, 1.807) is 0 Å². The lowest BCUT2D eigenvalue weighted by Gasteiger charge is -2.23. The molecule has 0 atom stereocenters. The Bertz CT molecular complexity index is 1000. The van der Waals surface area contributed by atoms with Gasteiger partial charge < -0.3 is 14.1 Å². The van der Waals surface area contributed by atoms with Crippen molar-refractivity contribution in [3.8, 4) is 5.75 Å². The Labute approximate surface area is 178 Å². The Morgan fingerprint density at radius 1 is 1.26 bits per heavy atom. The molecule has 1 fully saturated rings. The fourth-order valence-corrected chi connectivity index (χ4v) is 5.04. The van der Waals surface area contributed by atoms with Crippen LogP contribution < -0.4 is 9.46 Å². The number of hydrogen-bond acceptors (Lipinski definition) is 5. The van der Waals surface area contributed by atoms with Gasteiger partial charge in [0.25, 0.3) is 5.91 Å². The van der Waals surface area contributed by atoms with Gasteiger partial charge in [0.05, 0.1) is 19.9 Å². The van der Waals surface area contributed by atoms with Crippen LogP contribution in [0.3, 0.4) is 0 Å². The maximum atomic E-state index is 13.1. The Balaban J connectivity index is 1.92. The summed E-state index contributed by atoms with van der Waals surface area (Å²) in [6, 6.07) is 6.26. The highest BCUT2D eigenvalue weighted by molar-refractivity contribution is 7.89. The molecule has 1 amide bonds. The van der Waals surface area contributed by atoms with E-state index >= 15 is 0 Å². The van der Waals surface area contributed by atoms with E-state index in [9.17, 15) is 26.4 Å². The molecule has 0 spiro atoms. The summed E-state index contributed by atoms with van der Waals surface area (Å²) in [5.41, 5.74) is -0.205. The van der Waals surface area contributed by atoms with Gasteiger partial charge in [-0.25, -0.2) is 13.1 Å². The molecule has 1 aliphatic carbocycles. The smallest absolute Gasteiger partial charge is 0.406 e. The maximum absolute atomic E-state index is 13.1. The number of hydrogen-bond donors (Lipinski definition) is 1. The number of carbonyl (C=O) groups excluding carboxylic acids is 1. The molecule has 1 N–H and O–H groups in total. The third kappa shape index (κ3) is 6.01. The van der Waals surface area contributed by atoms with Crippen LogP contribution in [-0.2, 0) is 16.6 Å². The number of alkyl halides is 3. The van der Waals surface area contributed by atoms with E-state index in [0.717, 1.165) is 18.9 Å². The van der Waals surface area contributed by atoms with Gasteiger partial charge in [-0.3, -0.25) is 4.79 Å². The zero-order chi connectivity index (χ0) is 22.6. The first-order valence-corrected chi connectivity index (χ1v) is 11.2.